The molecule has 0 radical (unpaired) electrons. The molecule has 0 aliphatic carbocycles. The number of alkyl halides is 2. The summed E-state index contributed by atoms with van der Waals surface area (Å²) in [5, 5.41) is 19.3. The molecule has 5 heterocycles. The monoisotopic (exact) mass is 561 g/mol. The molecule has 4 aromatic heterocycles. The number of rotatable bonds is 8. The first-order chi connectivity index (χ1) is 19.9. The highest BCUT2D eigenvalue weighted by molar-refractivity contribution is 5.92. The van der Waals surface area contributed by atoms with Crippen LogP contribution in [0.25, 0.3) is 22.4 Å². The Morgan fingerprint density at radius 1 is 1.02 bits per heavy atom. The summed E-state index contributed by atoms with van der Waals surface area (Å²) in [6.07, 6.45) is 0.722. The molecule has 1 aromatic carbocycles. The van der Waals surface area contributed by atoms with Crippen molar-refractivity contribution in [2.24, 2.45) is 7.05 Å². The van der Waals surface area contributed by atoms with E-state index in [-0.39, 0.29) is 11.2 Å². The van der Waals surface area contributed by atoms with Crippen molar-refractivity contribution in [3.63, 3.8) is 0 Å². The van der Waals surface area contributed by atoms with Crippen LogP contribution in [0.5, 0.6) is 5.75 Å². The van der Waals surface area contributed by atoms with Gasteiger partial charge in [0.05, 0.1) is 29.9 Å². The van der Waals surface area contributed by atoms with E-state index in [1.807, 2.05) is 50.5 Å². The maximum absolute atomic E-state index is 14.4. The number of anilines is 4. The second-order valence-corrected chi connectivity index (χ2v) is 9.76. The van der Waals surface area contributed by atoms with E-state index in [0.29, 0.717) is 41.8 Å². The number of aromatic nitrogens is 7. The van der Waals surface area contributed by atoms with Gasteiger partial charge in [-0.1, -0.05) is 6.07 Å². The first kappa shape index (κ1) is 26.6. The van der Waals surface area contributed by atoms with Gasteiger partial charge in [0.2, 0.25) is 0 Å². The number of aryl methyl sites for hydroxylation is 2. The van der Waals surface area contributed by atoms with Gasteiger partial charge in [0.15, 0.2) is 23.0 Å². The van der Waals surface area contributed by atoms with Crippen LogP contribution in [0.3, 0.4) is 0 Å². The van der Waals surface area contributed by atoms with Crippen LogP contribution in [0.2, 0.25) is 0 Å². The third kappa shape index (κ3) is 5.27. The molecule has 1 atom stereocenters. The van der Waals surface area contributed by atoms with Crippen LogP contribution in [0, 0.1) is 6.92 Å². The van der Waals surface area contributed by atoms with Gasteiger partial charge in [-0.2, -0.15) is 10.2 Å². The van der Waals surface area contributed by atoms with Crippen molar-refractivity contribution in [3.8, 4) is 17.0 Å². The number of hydrogen-bond acceptors (Lipinski definition) is 9. The molecule has 0 saturated carbocycles. The van der Waals surface area contributed by atoms with Crippen LogP contribution in [-0.4, -0.2) is 48.2 Å². The van der Waals surface area contributed by atoms with E-state index in [2.05, 4.69) is 30.9 Å². The topological polar surface area (TPSA) is 117 Å². The molecule has 5 aromatic rings. The molecule has 1 unspecified atom stereocenters. The van der Waals surface area contributed by atoms with Crippen LogP contribution in [0.15, 0.2) is 48.7 Å². The average molecular weight is 562 g/mol. The van der Waals surface area contributed by atoms with Crippen LogP contribution in [-0.2, 0) is 11.8 Å². The molecule has 1 saturated heterocycles. The lowest BCUT2D eigenvalue weighted by Gasteiger charge is -2.25. The van der Waals surface area contributed by atoms with Crippen molar-refractivity contribution in [3.05, 3.63) is 60.2 Å². The lowest BCUT2D eigenvalue weighted by atomic mass is 10.1. The molecule has 0 bridgehead atoms. The van der Waals surface area contributed by atoms with Gasteiger partial charge in [0.25, 0.3) is 6.43 Å². The molecule has 0 amide bonds. The van der Waals surface area contributed by atoms with E-state index in [4.69, 9.17) is 14.5 Å². The Bertz CT molecular complexity index is 1680. The summed E-state index contributed by atoms with van der Waals surface area (Å²) in [7, 11) is 3.41. The predicted molar refractivity (Wildman–Crippen MR) is 150 cm³/mol. The molecule has 1 aliphatic rings. The molecule has 2 N–H and O–H groups in total. The van der Waals surface area contributed by atoms with Crippen molar-refractivity contribution in [2.75, 3.05) is 24.4 Å². The van der Waals surface area contributed by atoms with Gasteiger partial charge >= 0.3 is 0 Å². The summed E-state index contributed by atoms with van der Waals surface area (Å²) in [4.78, 5) is 9.09. The molecule has 1 aliphatic heterocycles. The number of nitrogens with one attached hydrogen (secondary N) is 2. The number of nitrogens with zero attached hydrogens (tertiary/aromatic N) is 7. The van der Waals surface area contributed by atoms with Crippen molar-refractivity contribution in [1.82, 2.24) is 34.5 Å². The maximum atomic E-state index is 14.4. The lowest BCUT2D eigenvalue weighted by molar-refractivity contribution is -0.0363. The Labute approximate surface area is 234 Å². The van der Waals surface area contributed by atoms with Crippen molar-refractivity contribution in [1.29, 1.82) is 0 Å². The Morgan fingerprint density at radius 3 is 2.59 bits per heavy atom. The molecule has 13 heteroatoms. The van der Waals surface area contributed by atoms with Gasteiger partial charge < -0.3 is 20.1 Å². The smallest absolute Gasteiger partial charge is 0.295 e. The van der Waals surface area contributed by atoms with E-state index in [9.17, 15) is 8.78 Å². The number of hydrogen-bond donors (Lipinski definition) is 2. The van der Waals surface area contributed by atoms with E-state index in [1.54, 1.807) is 23.9 Å². The molecular weight excluding hydrogens is 532 g/mol. The maximum Gasteiger partial charge on any atom is 0.295 e. The first-order valence-electron chi connectivity index (χ1n) is 13.3. The number of fused-ring (bicyclic) bond motifs is 1. The van der Waals surface area contributed by atoms with Crippen LogP contribution >= 0.6 is 0 Å². The number of methoxy groups -OCH3 is 1. The molecule has 41 heavy (non-hydrogen) atoms. The lowest BCUT2D eigenvalue weighted by Crippen LogP contribution is -2.20. The molecule has 0 spiro atoms. The summed E-state index contributed by atoms with van der Waals surface area (Å²) >= 11 is 0. The third-order valence-electron chi connectivity index (χ3n) is 6.85. The average Bonchev–Trinajstić information content (AvgIpc) is 3.59. The number of pyridine rings is 1. The quantitative estimate of drug-likeness (QED) is 0.233. The number of ether oxygens (including phenoxy) is 2. The molecule has 11 nitrogen and oxygen atoms in total. The fraction of sp³-hybridized carbons (Fsp3) is 0.321. The Balaban J connectivity index is 1.51. The minimum absolute atomic E-state index is 0.264. The molecular formula is C28H29F2N9O2. The second-order valence-electron chi connectivity index (χ2n) is 9.76. The largest absolute Gasteiger partial charge is 0.494 e. The van der Waals surface area contributed by atoms with Crippen LogP contribution < -0.4 is 15.4 Å². The zero-order valence-electron chi connectivity index (χ0n) is 22.8. The van der Waals surface area contributed by atoms with Gasteiger partial charge in [0, 0.05) is 31.5 Å². The zero-order valence-corrected chi connectivity index (χ0v) is 22.8. The van der Waals surface area contributed by atoms with Gasteiger partial charge in [0.1, 0.15) is 17.6 Å². The van der Waals surface area contributed by atoms with E-state index in [0.717, 1.165) is 29.8 Å². The Kier molecular flexibility index (Phi) is 7.18. The fourth-order valence-corrected chi connectivity index (χ4v) is 4.96. The standard InChI is InChI=1S/C28H29F2N9O2/c1-16-10-11-21(36-35-16)32-22-15-20(31-19-8-6-7-17(25(19)40-3)18-12-13-38(2)37-18)24-27(33-22)39(28(34-24)26(29)30)23-9-4-5-14-41-23/h6-8,10-13,15,23,26H,4-5,9,14H2,1-3H3,(H2,31,32,33,36). The Morgan fingerprint density at radius 2 is 1.90 bits per heavy atom. The molecule has 6 rings (SSSR count). The van der Waals surface area contributed by atoms with E-state index in [1.165, 1.54) is 4.57 Å². The van der Waals surface area contributed by atoms with Gasteiger partial charge in [-0.25, -0.2) is 18.7 Å². The highest BCUT2D eigenvalue weighted by atomic mass is 19.3. The normalized spacial score (nSPS) is 15.4. The number of halogens is 2. The van der Waals surface area contributed by atoms with Crippen LogP contribution in [0.1, 0.15) is 43.4 Å². The van der Waals surface area contributed by atoms with Crippen molar-refractivity contribution in [2.45, 2.75) is 38.8 Å². The number of imidazole rings is 1. The summed E-state index contributed by atoms with van der Waals surface area (Å²) in [5.74, 6) is 0.969. The number of para-hydroxylation sites is 1. The van der Waals surface area contributed by atoms with Gasteiger partial charge in [-0.3, -0.25) is 9.25 Å². The predicted octanol–water partition coefficient (Wildman–Crippen LogP) is 6.06. The van der Waals surface area contributed by atoms with E-state index < -0.39 is 18.5 Å². The highest BCUT2D eigenvalue weighted by Gasteiger charge is 2.29. The van der Waals surface area contributed by atoms with Gasteiger partial charge in [-0.15, -0.1) is 5.10 Å². The summed E-state index contributed by atoms with van der Waals surface area (Å²) in [5.41, 5.74) is 3.85. The zero-order chi connectivity index (χ0) is 28.5. The third-order valence-corrected chi connectivity index (χ3v) is 6.85. The molecule has 1 fully saturated rings. The van der Waals surface area contributed by atoms with E-state index >= 15 is 0 Å². The minimum atomic E-state index is -2.83. The van der Waals surface area contributed by atoms with Crippen molar-refractivity contribution < 1.29 is 18.3 Å². The second kappa shape index (κ2) is 11.1. The molecule has 212 valence electrons. The SMILES string of the molecule is COc1c(Nc2cc(Nc3ccc(C)nn3)nc3c2nc(C(F)F)n3C2CCCCO2)cccc1-c1ccn(C)n1. The summed E-state index contributed by atoms with van der Waals surface area (Å²) in [6.45, 7) is 2.32. The van der Waals surface area contributed by atoms with Crippen LogP contribution in [0.4, 0.5) is 31.8 Å². The summed E-state index contributed by atoms with van der Waals surface area (Å²) in [6, 6.07) is 12.8. The number of benzene rings is 1. The fourth-order valence-electron chi connectivity index (χ4n) is 4.96. The highest BCUT2D eigenvalue weighted by Crippen LogP contribution is 2.40. The summed E-state index contributed by atoms with van der Waals surface area (Å²) < 4.78 is 43.6. The van der Waals surface area contributed by atoms with Crippen molar-refractivity contribution >= 4 is 34.2 Å². The minimum Gasteiger partial charge on any atom is -0.494 e. The van der Waals surface area contributed by atoms with Gasteiger partial charge in [-0.05, 0) is 56.5 Å². The first-order valence-corrected chi connectivity index (χ1v) is 13.3. The Hall–Kier alpha value is -4.65.